The van der Waals surface area contributed by atoms with Crippen LogP contribution < -0.4 is 31.3 Å². The molecule has 2 aliphatic heterocycles. The lowest BCUT2D eigenvalue weighted by Crippen LogP contribution is -2.61. The van der Waals surface area contributed by atoms with Crippen molar-refractivity contribution in [2.75, 3.05) is 6.61 Å². The van der Waals surface area contributed by atoms with Gasteiger partial charge in [-0.25, -0.2) is 0 Å². The number of amides is 5. The number of hydrogen-bond donors (Lipinski definition) is 6. The Labute approximate surface area is 257 Å². The van der Waals surface area contributed by atoms with Crippen molar-refractivity contribution in [1.29, 1.82) is 0 Å². The Morgan fingerprint density at radius 1 is 0.864 bits per heavy atom. The van der Waals surface area contributed by atoms with Gasteiger partial charge in [0.05, 0.1) is 12.1 Å². The molecule has 6 N–H and O–H groups in total. The van der Waals surface area contributed by atoms with E-state index in [1.165, 1.54) is 20.8 Å². The Morgan fingerprint density at radius 2 is 1.48 bits per heavy atom. The first-order valence-electron chi connectivity index (χ1n) is 14.8. The molecular formula is C32H43N5O7. The molecule has 2 aromatic carbocycles. The van der Waals surface area contributed by atoms with Crippen molar-refractivity contribution in [2.45, 2.75) is 83.8 Å². The molecule has 238 valence electrons. The van der Waals surface area contributed by atoms with Gasteiger partial charge in [0.2, 0.25) is 29.5 Å². The van der Waals surface area contributed by atoms with E-state index in [-0.39, 0.29) is 18.9 Å². The van der Waals surface area contributed by atoms with Crippen molar-refractivity contribution in [2.24, 2.45) is 5.92 Å². The zero-order chi connectivity index (χ0) is 32.4. The molecule has 0 radical (unpaired) electrons. The summed E-state index contributed by atoms with van der Waals surface area (Å²) in [5.74, 6) is -2.76. The quantitative estimate of drug-likeness (QED) is 0.266. The summed E-state index contributed by atoms with van der Waals surface area (Å²) >= 11 is 0. The lowest BCUT2D eigenvalue weighted by molar-refractivity contribution is -0.136. The zero-order valence-electron chi connectivity index (χ0n) is 25.8. The van der Waals surface area contributed by atoms with Gasteiger partial charge < -0.3 is 36.4 Å². The van der Waals surface area contributed by atoms with Gasteiger partial charge in [0, 0.05) is 13.3 Å². The van der Waals surface area contributed by atoms with Crippen LogP contribution in [0.25, 0.3) is 0 Å². The Morgan fingerprint density at radius 3 is 2.07 bits per heavy atom. The van der Waals surface area contributed by atoms with Crippen LogP contribution in [-0.4, -0.2) is 77.6 Å². The van der Waals surface area contributed by atoms with Crippen LogP contribution in [0.2, 0.25) is 0 Å². The topological polar surface area (TPSA) is 175 Å². The molecule has 0 saturated heterocycles. The van der Waals surface area contributed by atoms with Crippen LogP contribution in [0.4, 0.5) is 0 Å². The fourth-order valence-corrected chi connectivity index (χ4v) is 4.79. The smallest absolute Gasteiger partial charge is 0.245 e. The second kappa shape index (κ2) is 15.9. The highest BCUT2D eigenvalue weighted by molar-refractivity contribution is 5.95. The van der Waals surface area contributed by atoms with Gasteiger partial charge in [0.25, 0.3) is 0 Å². The maximum atomic E-state index is 13.5. The summed E-state index contributed by atoms with van der Waals surface area (Å²) in [4.78, 5) is 64.8. The summed E-state index contributed by atoms with van der Waals surface area (Å²) in [6, 6.07) is 11.7. The summed E-state index contributed by atoms with van der Waals surface area (Å²) in [5, 5.41) is 23.7. The number of nitrogens with one attached hydrogen (secondary N) is 5. The third-order valence-electron chi connectivity index (χ3n) is 7.24. The fourth-order valence-electron chi connectivity index (χ4n) is 4.79. The van der Waals surface area contributed by atoms with Gasteiger partial charge in [-0.2, -0.15) is 0 Å². The summed E-state index contributed by atoms with van der Waals surface area (Å²) in [6.07, 6.45) is -0.715. The molecule has 0 fully saturated rings. The number of ether oxygens (including phenoxy) is 1. The molecule has 2 aromatic rings. The minimum Gasteiger partial charge on any atom is -0.491 e. The molecule has 5 amide bonds. The number of carbonyl (C=O) groups is 5. The predicted molar refractivity (Wildman–Crippen MR) is 163 cm³/mol. The number of aliphatic hydroxyl groups excluding tert-OH is 1. The highest BCUT2D eigenvalue weighted by Gasteiger charge is 2.33. The van der Waals surface area contributed by atoms with Crippen LogP contribution in [0.3, 0.4) is 0 Å². The highest BCUT2D eigenvalue weighted by Crippen LogP contribution is 2.16. The molecule has 2 aliphatic rings. The first-order valence-corrected chi connectivity index (χ1v) is 14.8. The van der Waals surface area contributed by atoms with E-state index in [1.807, 2.05) is 30.3 Å². The van der Waals surface area contributed by atoms with E-state index in [2.05, 4.69) is 26.6 Å². The number of aliphatic hydroxyl groups is 1. The van der Waals surface area contributed by atoms with Crippen LogP contribution in [0.15, 0.2) is 54.6 Å². The monoisotopic (exact) mass is 609 g/mol. The Bertz CT molecular complexity index is 1300. The number of benzene rings is 2. The van der Waals surface area contributed by atoms with Gasteiger partial charge in [0.1, 0.15) is 36.5 Å². The van der Waals surface area contributed by atoms with E-state index >= 15 is 0 Å². The lowest BCUT2D eigenvalue weighted by atomic mass is 10.0. The van der Waals surface area contributed by atoms with E-state index in [1.54, 1.807) is 38.1 Å². The Kier molecular flexibility index (Phi) is 12.3. The van der Waals surface area contributed by atoms with Crippen molar-refractivity contribution in [1.82, 2.24) is 26.6 Å². The van der Waals surface area contributed by atoms with E-state index in [4.69, 9.17) is 4.74 Å². The molecule has 2 bridgehead atoms. The molecule has 6 atom stereocenters. The number of hydrogen-bond acceptors (Lipinski definition) is 7. The SMILES string of the molecule is CC(=O)N[C@H]1Cc2ccc(cc2)OC[C@H](Cc2ccccc2)NC(=O)[C@@H](C(C)C)NC(=O)[C@H]([C@@H](C)O)NC(=O)[C@@H](C)NC1=O. The van der Waals surface area contributed by atoms with Crippen LogP contribution in [-0.2, 0) is 36.8 Å². The molecule has 0 aromatic heterocycles. The van der Waals surface area contributed by atoms with Crippen LogP contribution in [0, 0.1) is 5.92 Å². The second-order valence-electron chi connectivity index (χ2n) is 11.5. The molecule has 2 heterocycles. The Hall–Kier alpha value is -4.45. The molecule has 0 spiro atoms. The van der Waals surface area contributed by atoms with Crippen molar-refractivity contribution in [3.8, 4) is 5.75 Å². The Balaban J connectivity index is 1.96. The van der Waals surface area contributed by atoms with E-state index in [0.717, 1.165) is 11.1 Å². The number of carbonyl (C=O) groups excluding carboxylic acids is 5. The van der Waals surface area contributed by atoms with E-state index in [0.29, 0.717) is 12.2 Å². The molecular weight excluding hydrogens is 566 g/mol. The fraction of sp³-hybridized carbons (Fsp3) is 0.469. The molecule has 12 heteroatoms. The summed E-state index contributed by atoms with van der Waals surface area (Å²) in [6.45, 7) is 7.71. The molecule has 0 saturated carbocycles. The highest BCUT2D eigenvalue weighted by atomic mass is 16.5. The van der Waals surface area contributed by atoms with Gasteiger partial charge >= 0.3 is 0 Å². The standard InChI is InChI=1S/C32H43N5O7/c1-18(2)27-31(42)35-24(15-22-9-7-6-8-10-22)17-44-25-13-11-23(12-14-25)16-26(34-21(5)39)30(41)33-19(3)29(40)37-28(20(4)38)32(43)36-27/h6-14,18-20,24,26-28,38H,15-17H2,1-5H3,(H,33,41)(H,34,39)(H,35,42)(H,36,43)(H,37,40)/t19-,20-,24+,26+,27-,28+/m1/s1. The zero-order valence-corrected chi connectivity index (χ0v) is 25.8. The summed E-state index contributed by atoms with van der Waals surface area (Å²) in [7, 11) is 0. The van der Waals surface area contributed by atoms with Crippen molar-refractivity contribution in [3.63, 3.8) is 0 Å². The summed E-state index contributed by atoms with van der Waals surface area (Å²) < 4.78 is 6.05. The van der Waals surface area contributed by atoms with Crippen LogP contribution in [0.1, 0.15) is 45.7 Å². The maximum Gasteiger partial charge on any atom is 0.245 e. The normalized spacial score (nSPS) is 24.7. The molecule has 4 rings (SSSR count). The number of rotatable bonds is 5. The first-order chi connectivity index (χ1) is 20.8. The van der Waals surface area contributed by atoms with Gasteiger partial charge in [-0.1, -0.05) is 56.3 Å². The van der Waals surface area contributed by atoms with E-state index < -0.39 is 65.8 Å². The van der Waals surface area contributed by atoms with Gasteiger partial charge in [-0.15, -0.1) is 0 Å². The minimum atomic E-state index is -1.41. The van der Waals surface area contributed by atoms with Crippen molar-refractivity contribution >= 4 is 29.5 Å². The largest absolute Gasteiger partial charge is 0.491 e. The van der Waals surface area contributed by atoms with Crippen molar-refractivity contribution < 1.29 is 33.8 Å². The number of fused-ring (bicyclic) bond motifs is 17. The molecule has 44 heavy (non-hydrogen) atoms. The molecule has 0 unspecified atom stereocenters. The average Bonchev–Trinajstić information content (AvgIpc) is 2.96. The van der Waals surface area contributed by atoms with Crippen molar-refractivity contribution in [3.05, 3.63) is 65.7 Å². The third-order valence-corrected chi connectivity index (χ3v) is 7.24. The minimum absolute atomic E-state index is 0.125. The second-order valence-corrected chi connectivity index (χ2v) is 11.5. The maximum absolute atomic E-state index is 13.5. The molecule has 12 nitrogen and oxygen atoms in total. The van der Waals surface area contributed by atoms with Crippen LogP contribution >= 0.6 is 0 Å². The van der Waals surface area contributed by atoms with Gasteiger partial charge in [-0.3, -0.25) is 24.0 Å². The predicted octanol–water partition coefficient (Wildman–Crippen LogP) is 0.365. The third kappa shape index (κ3) is 10.1. The van der Waals surface area contributed by atoms with Gasteiger partial charge in [0.15, 0.2) is 0 Å². The lowest BCUT2D eigenvalue weighted by Gasteiger charge is -2.29. The molecule has 0 aliphatic carbocycles. The van der Waals surface area contributed by atoms with Crippen LogP contribution in [0.5, 0.6) is 5.75 Å². The summed E-state index contributed by atoms with van der Waals surface area (Å²) in [5.41, 5.74) is 1.71. The first kappa shape index (κ1) is 34.0. The van der Waals surface area contributed by atoms with E-state index in [9.17, 15) is 29.1 Å². The van der Waals surface area contributed by atoms with Gasteiger partial charge in [-0.05, 0) is 49.4 Å². The average molecular weight is 610 g/mol.